The van der Waals surface area contributed by atoms with Gasteiger partial charge in [0.05, 0.1) is 6.61 Å². The molecule has 32 heavy (non-hydrogen) atoms. The highest BCUT2D eigenvalue weighted by molar-refractivity contribution is 5.76. The van der Waals surface area contributed by atoms with Crippen molar-refractivity contribution in [1.29, 1.82) is 0 Å². The van der Waals surface area contributed by atoms with Gasteiger partial charge in [0.1, 0.15) is 18.7 Å². The third-order valence-corrected chi connectivity index (χ3v) is 6.84. The normalized spacial score (nSPS) is 25.0. The molecule has 1 heterocycles. The fraction of sp³-hybridized carbons (Fsp3) is 0.692. The van der Waals surface area contributed by atoms with E-state index < -0.39 is 0 Å². The molecule has 1 saturated heterocycles. The smallest absolute Gasteiger partial charge is 0.323 e. The van der Waals surface area contributed by atoms with Gasteiger partial charge in [0.25, 0.3) is 0 Å². The van der Waals surface area contributed by atoms with E-state index in [0.29, 0.717) is 25.2 Å². The molecule has 0 bridgehead atoms. The van der Waals surface area contributed by atoms with Gasteiger partial charge in [-0.1, -0.05) is 56.5 Å². The molecule has 1 aliphatic heterocycles. The molecule has 2 fully saturated rings. The lowest BCUT2D eigenvalue weighted by atomic mass is 9.84. The SMILES string of the molecule is CCC[C@H](N[C@@H](C)CN1[C@H](C(=O)OCc2ccccc2)C[C@@H]2CCCC[C@@H]21)C(=O)OCC. The maximum absolute atomic E-state index is 13.1. The summed E-state index contributed by atoms with van der Waals surface area (Å²) < 4.78 is 11.0. The topological polar surface area (TPSA) is 67.9 Å². The first-order valence-electron chi connectivity index (χ1n) is 12.4. The summed E-state index contributed by atoms with van der Waals surface area (Å²) in [5.74, 6) is 0.254. The number of fused-ring (bicyclic) bond motifs is 1. The molecule has 6 heteroatoms. The molecule has 0 amide bonds. The molecular weight excluding hydrogens is 404 g/mol. The average Bonchev–Trinajstić information content (AvgIpc) is 3.16. The van der Waals surface area contributed by atoms with Crippen LogP contribution in [0.15, 0.2) is 30.3 Å². The number of carbonyl (C=O) groups is 2. The fourth-order valence-electron chi connectivity index (χ4n) is 5.39. The number of hydrogen-bond donors (Lipinski definition) is 1. The van der Waals surface area contributed by atoms with Crippen molar-refractivity contribution in [3.63, 3.8) is 0 Å². The average molecular weight is 445 g/mol. The number of likely N-dealkylation sites (tertiary alicyclic amines) is 1. The van der Waals surface area contributed by atoms with Crippen molar-refractivity contribution in [1.82, 2.24) is 10.2 Å². The summed E-state index contributed by atoms with van der Waals surface area (Å²) in [4.78, 5) is 27.8. The van der Waals surface area contributed by atoms with Gasteiger partial charge in [0, 0.05) is 18.6 Å². The van der Waals surface area contributed by atoms with Crippen LogP contribution in [-0.4, -0.2) is 54.2 Å². The number of nitrogens with one attached hydrogen (secondary N) is 1. The van der Waals surface area contributed by atoms with Crippen molar-refractivity contribution in [2.24, 2.45) is 5.92 Å². The van der Waals surface area contributed by atoms with E-state index in [9.17, 15) is 9.59 Å². The first-order valence-corrected chi connectivity index (χ1v) is 12.4. The summed E-state index contributed by atoms with van der Waals surface area (Å²) >= 11 is 0. The van der Waals surface area contributed by atoms with Gasteiger partial charge in [-0.2, -0.15) is 0 Å². The maximum Gasteiger partial charge on any atom is 0.323 e. The third kappa shape index (κ3) is 6.55. The number of benzene rings is 1. The zero-order valence-electron chi connectivity index (χ0n) is 19.9. The Labute approximate surface area is 193 Å². The van der Waals surface area contributed by atoms with E-state index in [1.807, 2.05) is 37.3 Å². The van der Waals surface area contributed by atoms with Gasteiger partial charge >= 0.3 is 11.9 Å². The van der Waals surface area contributed by atoms with E-state index in [1.54, 1.807) is 0 Å². The lowest BCUT2D eigenvalue weighted by Gasteiger charge is -2.35. The summed E-state index contributed by atoms with van der Waals surface area (Å²) in [5, 5.41) is 3.47. The molecule has 1 aromatic rings. The Morgan fingerprint density at radius 1 is 1.12 bits per heavy atom. The summed E-state index contributed by atoms with van der Waals surface area (Å²) in [6, 6.07) is 9.84. The first-order chi connectivity index (χ1) is 15.5. The second-order valence-electron chi connectivity index (χ2n) is 9.31. The van der Waals surface area contributed by atoms with Crippen molar-refractivity contribution in [2.45, 2.75) is 96.5 Å². The van der Waals surface area contributed by atoms with Gasteiger partial charge in [-0.05, 0) is 51.0 Å². The molecule has 1 N–H and O–H groups in total. The summed E-state index contributed by atoms with van der Waals surface area (Å²) in [6.07, 6.45) is 7.32. The molecule has 0 aromatic heterocycles. The zero-order chi connectivity index (χ0) is 22.9. The fourth-order valence-corrected chi connectivity index (χ4v) is 5.39. The Morgan fingerprint density at radius 2 is 1.88 bits per heavy atom. The lowest BCUT2D eigenvalue weighted by molar-refractivity contribution is -0.151. The Bertz CT molecular complexity index is 726. The van der Waals surface area contributed by atoms with Gasteiger partial charge in [0.2, 0.25) is 0 Å². The van der Waals surface area contributed by atoms with Crippen molar-refractivity contribution in [3.05, 3.63) is 35.9 Å². The summed E-state index contributed by atoms with van der Waals surface area (Å²) in [7, 11) is 0. The number of rotatable bonds is 11. The van der Waals surface area contributed by atoms with E-state index in [-0.39, 0.29) is 30.1 Å². The first kappa shape index (κ1) is 24.7. The van der Waals surface area contributed by atoms with Crippen molar-refractivity contribution in [3.8, 4) is 0 Å². The standard InChI is InChI=1S/C26H40N2O4/c1-4-11-22(25(29)31-5-2)27-19(3)17-28-23-15-10-9-14-21(23)16-24(28)26(30)32-18-20-12-7-6-8-13-20/h6-8,12-13,19,21-24,27H,4-5,9-11,14-18H2,1-3H3/t19-,21-,22-,23-,24-/m0/s1. The molecule has 0 radical (unpaired) electrons. The highest BCUT2D eigenvalue weighted by Gasteiger charge is 2.46. The minimum atomic E-state index is -0.303. The predicted octanol–water partition coefficient (Wildman–Crippen LogP) is 4.07. The summed E-state index contributed by atoms with van der Waals surface area (Å²) in [5.41, 5.74) is 1.01. The van der Waals surface area contributed by atoms with E-state index in [1.165, 1.54) is 19.3 Å². The monoisotopic (exact) mass is 444 g/mol. The van der Waals surface area contributed by atoms with Crippen LogP contribution in [0, 0.1) is 5.92 Å². The highest BCUT2D eigenvalue weighted by atomic mass is 16.5. The van der Waals surface area contributed by atoms with Crippen molar-refractivity contribution < 1.29 is 19.1 Å². The second kappa shape index (κ2) is 12.4. The van der Waals surface area contributed by atoms with Crippen molar-refractivity contribution >= 4 is 11.9 Å². The van der Waals surface area contributed by atoms with Crippen LogP contribution < -0.4 is 5.32 Å². The Kier molecular flexibility index (Phi) is 9.54. The number of carbonyl (C=O) groups excluding carboxylic acids is 2. The third-order valence-electron chi connectivity index (χ3n) is 6.84. The summed E-state index contributed by atoms with van der Waals surface area (Å²) in [6.45, 7) is 7.44. The molecule has 6 nitrogen and oxygen atoms in total. The van der Waals surface area contributed by atoms with E-state index in [4.69, 9.17) is 9.47 Å². The maximum atomic E-state index is 13.1. The Hall–Kier alpha value is -1.92. The highest BCUT2D eigenvalue weighted by Crippen LogP contribution is 2.40. The molecule has 0 spiro atoms. The predicted molar refractivity (Wildman–Crippen MR) is 125 cm³/mol. The van der Waals surface area contributed by atoms with Crippen LogP contribution in [0.3, 0.4) is 0 Å². The molecule has 3 rings (SSSR count). The van der Waals surface area contributed by atoms with Crippen molar-refractivity contribution in [2.75, 3.05) is 13.2 Å². The van der Waals surface area contributed by atoms with Crippen LogP contribution in [0.4, 0.5) is 0 Å². The van der Waals surface area contributed by atoms with Crippen LogP contribution in [0.25, 0.3) is 0 Å². The second-order valence-corrected chi connectivity index (χ2v) is 9.31. The molecule has 0 unspecified atom stereocenters. The Morgan fingerprint density at radius 3 is 2.59 bits per heavy atom. The van der Waals surface area contributed by atoms with Gasteiger partial charge in [-0.3, -0.25) is 14.5 Å². The van der Waals surface area contributed by atoms with Crippen LogP contribution in [0.5, 0.6) is 0 Å². The molecule has 178 valence electrons. The van der Waals surface area contributed by atoms with Crippen LogP contribution in [0.2, 0.25) is 0 Å². The van der Waals surface area contributed by atoms with Crippen LogP contribution in [-0.2, 0) is 25.7 Å². The van der Waals surface area contributed by atoms with Gasteiger partial charge in [-0.15, -0.1) is 0 Å². The van der Waals surface area contributed by atoms with Crippen LogP contribution >= 0.6 is 0 Å². The van der Waals surface area contributed by atoms with E-state index in [0.717, 1.165) is 37.8 Å². The molecule has 1 aromatic carbocycles. The van der Waals surface area contributed by atoms with Gasteiger partial charge in [0.15, 0.2) is 0 Å². The molecule has 5 atom stereocenters. The molecule has 1 saturated carbocycles. The Balaban J connectivity index is 1.64. The number of ether oxygens (including phenoxy) is 2. The number of hydrogen-bond acceptors (Lipinski definition) is 6. The lowest BCUT2D eigenvalue weighted by Crippen LogP contribution is -2.52. The quantitative estimate of drug-likeness (QED) is 0.519. The largest absolute Gasteiger partial charge is 0.465 e. The molecule has 2 aliphatic rings. The van der Waals surface area contributed by atoms with E-state index >= 15 is 0 Å². The molecular formula is C26H40N2O4. The van der Waals surface area contributed by atoms with Crippen LogP contribution in [0.1, 0.15) is 71.3 Å². The minimum Gasteiger partial charge on any atom is -0.465 e. The molecule has 1 aliphatic carbocycles. The van der Waals surface area contributed by atoms with Gasteiger partial charge in [-0.25, -0.2) is 0 Å². The zero-order valence-corrected chi connectivity index (χ0v) is 19.9. The number of nitrogens with zero attached hydrogens (tertiary/aromatic N) is 1. The minimum absolute atomic E-state index is 0.0704. The van der Waals surface area contributed by atoms with E-state index in [2.05, 4.69) is 24.1 Å². The van der Waals surface area contributed by atoms with Gasteiger partial charge < -0.3 is 14.8 Å². The number of esters is 2.